The third-order valence-electron chi connectivity index (χ3n) is 9.46. The molecule has 57 heavy (non-hydrogen) atoms. The molecule has 0 spiro atoms. The lowest BCUT2D eigenvalue weighted by molar-refractivity contribution is -0.147. The van der Waals surface area contributed by atoms with Crippen LogP contribution in [0.2, 0.25) is 0 Å². The molecular formula is C48H64O9. The molecule has 0 unspecified atom stereocenters. The normalized spacial score (nSPS) is 10.7. The minimum absolute atomic E-state index is 0.189. The van der Waals surface area contributed by atoms with Gasteiger partial charge in [0, 0.05) is 0 Å². The fourth-order valence-corrected chi connectivity index (χ4v) is 6.00. The summed E-state index contributed by atoms with van der Waals surface area (Å²) in [4.78, 5) is 51.8. The zero-order chi connectivity index (χ0) is 40.9. The van der Waals surface area contributed by atoms with E-state index < -0.39 is 23.9 Å². The van der Waals surface area contributed by atoms with E-state index in [1.54, 1.807) is 48.5 Å². The van der Waals surface area contributed by atoms with E-state index in [1.165, 1.54) is 68.9 Å². The minimum atomic E-state index is -0.728. The fraction of sp³-hybridized carbons (Fsp3) is 0.500. The zero-order valence-corrected chi connectivity index (χ0v) is 34.5. The summed E-state index contributed by atoms with van der Waals surface area (Å²) in [5, 5.41) is 0. The summed E-state index contributed by atoms with van der Waals surface area (Å²) in [5.74, 6) is -1.25. The van der Waals surface area contributed by atoms with E-state index in [0.717, 1.165) is 82.8 Å². The predicted octanol–water partition coefficient (Wildman–Crippen LogP) is 12.1. The summed E-state index contributed by atoms with van der Waals surface area (Å²) in [7, 11) is 0. The van der Waals surface area contributed by atoms with Crippen molar-refractivity contribution in [1.82, 2.24) is 0 Å². The van der Waals surface area contributed by atoms with Crippen LogP contribution in [-0.2, 0) is 19.1 Å². The van der Waals surface area contributed by atoms with Crippen molar-refractivity contribution in [2.45, 2.75) is 136 Å². The summed E-state index contributed by atoms with van der Waals surface area (Å²) in [6.45, 7) is 7.64. The number of carbonyl (C=O) groups excluding carboxylic acids is 4. The molecule has 3 aromatic carbocycles. The highest BCUT2D eigenvalue weighted by Gasteiger charge is 2.22. The molecule has 9 nitrogen and oxygen atoms in total. The first-order valence-electron chi connectivity index (χ1n) is 21.3. The summed E-state index contributed by atoms with van der Waals surface area (Å²) in [6.07, 6.45) is 21.1. The predicted molar refractivity (Wildman–Crippen MR) is 225 cm³/mol. The molecule has 9 heteroatoms. The lowest BCUT2D eigenvalue weighted by Gasteiger charge is -2.10. The van der Waals surface area contributed by atoms with Gasteiger partial charge in [0.15, 0.2) is 0 Å². The molecule has 3 rings (SSSR count). The number of ether oxygens (including phenoxy) is 5. The van der Waals surface area contributed by atoms with Gasteiger partial charge in [0.1, 0.15) is 22.8 Å². The Morgan fingerprint density at radius 2 is 0.772 bits per heavy atom. The molecule has 0 fully saturated rings. The second-order valence-corrected chi connectivity index (χ2v) is 14.4. The van der Waals surface area contributed by atoms with Crippen LogP contribution in [0.15, 0.2) is 78.4 Å². The van der Waals surface area contributed by atoms with Crippen LogP contribution < -0.4 is 14.2 Å². The van der Waals surface area contributed by atoms with Crippen LogP contribution in [0.4, 0.5) is 0 Å². The molecule has 0 aromatic heterocycles. The molecule has 0 N–H and O–H groups in total. The number of unbranched alkanes of at least 4 members (excludes halogenated alkanes) is 15. The molecule has 0 aliphatic carbocycles. The number of rotatable bonds is 29. The van der Waals surface area contributed by atoms with Crippen molar-refractivity contribution >= 4 is 30.0 Å². The Kier molecular flexibility index (Phi) is 23.2. The summed E-state index contributed by atoms with van der Waals surface area (Å²) in [5.41, 5.74) is 0.882. The number of esters is 4. The Labute approximate surface area is 340 Å². The highest BCUT2D eigenvalue weighted by Crippen LogP contribution is 2.21. The fourth-order valence-electron chi connectivity index (χ4n) is 6.00. The SMILES string of the molecule is CCCCCCCCOC(=O)C(=Cc1ccc(C(=O)Oc2ccc(C(=O)Oc3ccc(OCCCCCCCC)cc3)cc2)cc1)C(=O)OCCCCCCCC. The highest BCUT2D eigenvalue weighted by molar-refractivity contribution is 6.17. The molecule has 0 aliphatic rings. The van der Waals surface area contributed by atoms with Gasteiger partial charge in [-0.05, 0) is 91.6 Å². The maximum Gasteiger partial charge on any atom is 0.345 e. The van der Waals surface area contributed by atoms with E-state index in [2.05, 4.69) is 20.8 Å². The van der Waals surface area contributed by atoms with Gasteiger partial charge in [-0.25, -0.2) is 19.2 Å². The molecule has 0 aliphatic heterocycles. The van der Waals surface area contributed by atoms with Crippen LogP contribution in [0, 0.1) is 0 Å². The van der Waals surface area contributed by atoms with Crippen LogP contribution in [0.25, 0.3) is 6.08 Å². The summed E-state index contributed by atoms with van der Waals surface area (Å²) < 4.78 is 27.8. The van der Waals surface area contributed by atoms with E-state index in [4.69, 9.17) is 23.7 Å². The largest absolute Gasteiger partial charge is 0.494 e. The number of benzene rings is 3. The van der Waals surface area contributed by atoms with Gasteiger partial charge in [-0.15, -0.1) is 0 Å². The Balaban J connectivity index is 1.52. The summed E-state index contributed by atoms with van der Waals surface area (Å²) >= 11 is 0. The topological polar surface area (TPSA) is 114 Å². The third-order valence-corrected chi connectivity index (χ3v) is 9.46. The molecule has 0 radical (unpaired) electrons. The van der Waals surface area contributed by atoms with Crippen LogP contribution in [0.5, 0.6) is 17.2 Å². The molecule has 0 heterocycles. The second kappa shape index (κ2) is 28.5. The van der Waals surface area contributed by atoms with Crippen molar-refractivity contribution in [2.75, 3.05) is 19.8 Å². The molecule has 310 valence electrons. The van der Waals surface area contributed by atoms with Crippen molar-refractivity contribution < 1.29 is 42.9 Å². The first kappa shape index (κ1) is 46.5. The Morgan fingerprint density at radius 1 is 0.421 bits per heavy atom. The number of hydrogen-bond donors (Lipinski definition) is 0. The van der Waals surface area contributed by atoms with E-state index in [1.807, 2.05) is 0 Å². The van der Waals surface area contributed by atoms with E-state index in [0.29, 0.717) is 23.5 Å². The van der Waals surface area contributed by atoms with Gasteiger partial charge < -0.3 is 23.7 Å². The number of hydrogen-bond acceptors (Lipinski definition) is 9. The van der Waals surface area contributed by atoms with Gasteiger partial charge in [-0.3, -0.25) is 0 Å². The quantitative estimate of drug-likeness (QED) is 0.0169. The molecule has 0 amide bonds. The van der Waals surface area contributed by atoms with E-state index in [9.17, 15) is 19.2 Å². The first-order valence-corrected chi connectivity index (χ1v) is 21.3. The lowest BCUT2D eigenvalue weighted by atomic mass is 10.1. The van der Waals surface area contributed by atoms with Gasteiger partial charge >= 0.3 is 23.9 Å². The molecule has 0 bridgehead atoms. The van der Waals surface area contributed by atoms with Crippen molar-refractivity contribution in [3.63, 3.8) is 0 Å². The van der Waals surface area contributed by atoms with Crippen molar-refractivity contribution in [3.8, 4) is 17.2 Å². The Morgan fingerprint density at radius 3 is 1.21 bits per heavy atom. The zero-order valence-electron chi connectivity index (χ0n) is 34.5. The lowest BCUT2D eigenvalue weighted by Crippen LogP contribution is -2.19. The third kappa shape index (κ3) is 19.2. The highest BCUT2D eigenvalue weighted by atomic mass is 16.6. The van der Waals surface area contributed by atoms with Crippen molar-refractivity contribution in [3.05, 3.63) is 95.1 Å². The molecule has 0 saturated carbocycles. The van der Waals surface area contributed by atoms with E-state index in [-0.39, 0.29) is 30.1 Å². The van der Waals surface area contributed by atoms with E-state index >= 15 is 0 Å². The van der Waals surface area contributed by atoms with Crippen LogP contribution in [0.1, 0.15) is 163 Å². The van der Waals surface area contributed by atoms with Gasteiger partial charge in [-0.2, -0.15) is 0 Å². The second-order valence-electron chi connectivity index (χ2n) is 14.4. The van der Waals surface area contributed by atoms with Gasteiger partial charge in [0.2, 0.25) is 0 Å². The average molecular weight is 785 g/mol. The van der Waals surface area contributed by atoms with Gasteiger partial charge in [-0.1, -0.05) is 129 Å². The molecule has 0 saturated heterocycles. The summed E-state index contributed by atoms with van der Waals surface area (Å²) in [6, 6.07) is 19.4. The Hall–Kier alpha value is -4.92. The molecular weight excluding hydrogens is 721 g/mol. The van der Waals surface area contributed by atoms with Crippen molar-refractivity contribution in [2.24, 2.45) is 0 Å². The maximum absolute atomic E-state index is 13.1. The van der Waals surface area contributed by atoms with Crippen molar-refractivity contribution in [1.29, 1.82) is 0 Å². The van der Waals surface area contributed by atoms with Crippen LogP contribution >= 0.6 is 0 Å². The minimum Gasteiger partial charge on any atom is -0.494 e. The molecule has 3 aromatic rings. The monoisotopic (exact) mass is 784 g/mol. The molecule has 0 atom stereocenters. The standard InChI is InChI=1S/C48H64O9/c1-4-7-10-13-16-19-34-53-41-30-32-43(33-31-41)57-46(50)40-26-28-42(29-27-40)56-45(49)39-24-22-38(23-25-39)37-44(47(51)54-35-20-17-14-11-8-5-2)48(52)55-36-21-18-15-12-9-6-3/h22-33,37H,4-21,34-36H2,1-3H3. The first-order chi connectivity index (χ1) is 27.8. The Bertz CT molecular complexity index is 1590. The number of carbonyl (C=O) groups is 4. The average Bonchev–Trinajstić information content (AvgIpc) is 3.22. The van der Waals surface area contributed by atoms with Crippen LogP contribution in [-0.4, -0.2) is 43.7 Å². The van der Waals surface area contributed by atoms with Gasteiger partial charge in [0.05, 0.1) is 30.9 Å². The van der Waals surface area contributed by atoms with Gasteiger partial charge in [0.25, 0.3) is 0 Å². The maximum atomic E-state index is 13.1. The smallest absolute Gasteiger partial charge is 0.345 e. The van der Waals surface area contributed by atoms with Crippen LogP contribution in [0.3, 0.4) is 0 Å².